The molecule has 0 saturated carbocycles. The smallest absolute Gasteiger partial charge is 0.352 e. The molecule has 0 spiro atoms. The van der Waals surface area contributed by atoms with Crippen molar-refractivity contribution in [3.63, 3.8) is 0 Å². The van der Waals surface area contributed by atoms with Gasteiger partial charge >= 0.3 is 5.97 Å². The van der Waals surface area contributed by atoms with E-state index in [1.807, 2.05) is 75.4 Å². The molecule has 4 aromatic rings. The number of amides is 2. The molecule has 0 bridgehead atoms. The van der Waals surface area contributed by atoms with E-state index in [1.54, 1.807) is 18.2 Å². The molecule has 1 unspecified atom stereocenters. The number of carbonyl (C=O) groups excluding carboxylic acids is 2. The molecule has 0 aliphatic rings. The van der Waals surface area contributed by atoms with Crippen LogP contribution in [0.15, 0.2) is 72.8 Å². The maximum atomic E-state index is 13.7. The van der Waals surface area contributed by atoms with E-state index < -0.39 is 23.5 Å². The number of carboxylic acid groups (broad SMARTS) is 1. The number of benzene rings is 3. The van der Waals surface area contributed by atoms with E-state index in [9.17, 15) is 19.5 Å². The number of fused-ring (bicyclic) bond motifs is 1. The SMILES string of the molecule is CC(C)(C)NC(=O)C(c1c(C(=O)O)[nH]c2cc(Cl)ccc12)N(C=O)Cc1ccc(OCCc2ccccc2)cc1. The Labute approximate surface area is 237 Å². The largest absolute Gasteiger partial charge is 0.493 e. The number of hydrogen-bond donors (Lipinski definition) is 3. The van der Waals surface area contributed by atoms with Gasteiger partial charge < -0.3 is 25.0 Å². The number of nitrogens with zero attached hydrogens (tertiary/aromatic N) is 1. The number of H-pyrrole nitrogens is 1. The van der Waals surface area contributed by atoms with Gasteiger partial charge in [0, 0.05) is 40.0 Å². The van der Waals surface area contributed by atoms with Crippen molar-refractivity contribution < 1.29 is 24.2 Å². The van der Waals surface area contributed by atoms with Crippen LogP contribution >= 0.6 is 11.6 Å². The Kier molecular flexibility index (Phi) is 8.80. The van der Waals surface area contributed by atoms with Crippen molar-refractivity contribution in [2.45, 2.75) is 45.3 Å². The molecular weight excluding hydrogens is 530 g/mol. The molecule has 0 radical (unpaired) electrons. The Bertz CT molecular complexity index is 1490. The second-order valence-corrected chi connectivity index (χ2v) is 11.0. The first-order valence-corrected chi connectivity index (χ1v) is 13.3. The molecule has 40 heavy (non-hydrogen) atoms. The minimum Gasteiger partial charge on any atom is -0.493 e. The summed E-state index contributed by atoms with van der Waals surface area (Å²) in [6.07, 6.45) is 1.34. The first kappa shape index (κ1) is 28.7. The lowest BCUT2D eigenvalue weighted by atomic mass is 9.98. The third-order valence-electron chi connectivity index (χ3n) is 6.29. The standard InChI is InChI=1S/C31H32ClN3O5/c1-31(2,3)34-29(37)28(26-24-14-11-22(32)17-25(24)33-27(26)30(38)39)35(19-36)18-21-9-12-23(13-10-21)40-16-15-20-7-5-4-6-8-20/h4-14,17,19,28,33H,15-16,18H2,1-3H3,(H,34,37)(H,38,39). The van der Waals surface area contributed by atoms with Crippen LogP contribution in [0.3, 0.4) is 0 Å². The Morgan fingerprint density at radius 1 is 1.05 bits per heavy atom. The van der Waals surface area contributed by atoms with Crippen molar-refractivity contribution in [1.82, 2.24) is 15.2 Å². The number of nitrogens with one attached hydrogen (secondary N) is 2. The number of rotatable bonds is 11. The van der Waals surface area contributed by atoms with Gasteiger partial charge in [-0.1, -0.05) is 60.1 Å². The van der Waals surface area contributed by atoms with E-state index in [-0.39, 0.29) is 17.8 Å². The highest BCUT2D eigenvalue weighted by molar-refractivity contribution is 6.31. The predicted molar refractivity (Wildman–Crippen MR) is 155 cm³/mol. The highest BCUT2D eigenvalue weighted by atomic mass is 35.5. The first-order chi connectivity index (χ1) is 19.1. The zero-order chi connectivity index (χ0) is 28.9. The molecule has 2 amide bonds. The summed E-state index contributed by atoms with van der Waals surface area (Å²) in [5, 5.41) is 13.8. The summed E-state index contributed by atoms with van der Waals surface area (Å²) in [7, 11) is 0. The zero-order valence-corrected chi connectivity index (χ0v) is 23.4. The maximum absolute atomic E-state index is 13.7. The van der Waals surface area contributed by atoms with Crippen LogP contribution < -0.4 is 10.1 Å². The van der Waals surface area contributed by atoms with Gasteiger partial charge in [-0.15, -0.1) is 0 Å². The van der Waals surface area contributed by atoms with Crippen molar-refractivity contribution in [2.24, 2.45) is 0 Å². The van der Waals surface area contributed by atoms with Gasteiger partial charge in [0.15, 0.2) is 0 Å². The van der Waals surface area contributed by atoms with E-state index >= 15 is 0 Å². The summed E-state index contributed by atoms with van der Waals surface area (Å²) >= 11 is 6.14. The number of aromatic amines is 1. The molecule has 208 valence electrons. The fourth-order valence-electron chi connectivity index (χ4n) is 4.55. The summed E-state index contributed by atoms with van der Waals surface area (Å²) < 4.78 is 5.87. The topological polar surface area (TPSA) is 112 Å². The molecule has 1 atom stereocenters. The summed E-state index contributed by atoms with van der Waals surface area (Å²) in [6.45, 7) is 6.03. The molecule has 1 aromatic heterocycles. The van der Waals surface area contributed by atoms with E-state index in [0.717, 1.165) is 12.0 Å². The first-order valence-electron chi connectivity index (χ1n) is 12.9. The average molecular weight is 562 g/mol. The van der Waals surface area contributed by atoms with Crippen LogP contribution in [0, 0.1) is 0 Å². The van der Waals surface area contributed by atoms with Crippen LogP contribution in [-0.4, -0.2) is 45.4 Å². The monoisotopic (exact) mass is 561 g/mol. The quantitative estimate of drug-likeness (QED) is 0.202. The number of halogens is 1. The molecule has 0 aliphatic carbocycles. The van der Waals surface area contributed by atoms with Crippen molar-refractivity contribution in [3.8, 4) is 5.75 Å². The number of carboxylic acids is 1. The average Bonchev–Trinajstić information content (AvgIpc) is 3.27. The third kappa shape index (κ3) is 7.01. The number of aromatic carboxylic acids is 1. The van der Waals surface area contributed by atoms with Gasteiger partial charge in [0.2, 0.25) is 12.3 Å². The highest BCUT2D eigenvalue weighted by Gasteiger charge is 2.35. The molecule has 1 heterocycles. The fraction of sp³-hybridized carbons (Fsp3) is 0.258. The Morgan fingerprint density at radius 2 is 1.75 bits per heavy atom. The lowest BCUT2D eigenvalue weighted by molar-refractivity contribution is -0.134. The number of hydrogen-bond acceptors (Lipinski definition) is 4. The van der Waals surface area contributed by atoms with Crippen LogP contribution in [-0.2, 0) is 22.6 Å². The third-order valence-corrected chi connectivity index (χ3v) is 6.53. The van der Waals surface area contributed by atoms with Crippen molar-refractivity contribution in [1.29, 1.82) is 0 Å². The van der Waals surface area contributed by atoms with Gasteiger partial charge in [-0.3, -0.25) is 9.59 Å². The minimum absolute atomic E-state index is 0.0648. The van der Waals surface area contributed by atoms with Crippen LogP contribution in [0.4, 0.5) is 0 Å². The highest BCUT2D eigenvalue weighted by Crippen LogP contribution is 2.34. The Hall–Kier alpha value is -4.30. The summed E-state index contributed by atoms with van der Waals surface area (Å²) in [4.78, 5) is 42.5. The predicted octanol–water partition coefficient (Wildman–Crippen LogP) is 5.76. The maximum Gasteiger partial charge on any atom is 0.352 e. The van der Waals surface area contributed by atoms with Gasteiger partial charge in [0.25, 0.3) is 0 Å². The van der Waals surface area contributed by atoms with Crippen molar-refractivity contribution in [2.75, 3.05) is 6.61 Å². The Balaban J connectivity index is 1.62. The lowest BCUT2D eigenvalue weighted by Crippen LogP contribution is -2.47. The molecule has 3 N–H and O–H groups in total. The van der Waals surface area contributed by atoms with Crippen LogP contribution in [0.25, 0.3) is 10.9 Å². The lowest BCUT2D eigenvalue weighted by Gasteiger charge is -2.31. The van der Waals surface area contributed by atoms with E-state index in [1.165, 1.54) is 10.5 Å². The summed E-state index contributed by atoms with van der Waals surface area (Å²) in [5.41, 5.74) is 1.77. The van der Waals surface area contributed by atoms with Crippen molar-refractivity contribution >= 4 is 40.8 Å². The van der Waals surface area contributed by atoms with Crippen LogP contribution in [0.1, 0.15) is 54.0 Å². The molecule has 0 saturated heterocycles. The molecule has 0 fully saturated rings. The number of carbonyl (C=O) groups is 3. The molecular formula is C31H32ClN3O5. The van der Waals surface area contributed by atoms with Crippen molar-refractivity contribution in [3.05, 3.63) is 100 Å². The number of aromatic nitrogens is 1. The second-order valence-electron chi connectivity index (χ2n) is 10.6. The molecule has 4 rings (SSSR count). The van der Waals surface area contributed by atoms with Gasteiger partial charge in [-0.25, -0.2) is 4.79 Å². The summed E-state index contributed by atoms with van der Waals surface area (Å²) in [5.74, 6) is -1.07. The van der Waals surface area contributed by atoms with Gasteiger partial charge in [0.05, 0.1) is 6.61 Å². The molecule has 9 heteroatoms. The van der Waals surface area contributed by atoms with E-state index in [0.29, 0.717) is 34.7 Å². The van der Waals surface area contributed by atoms with Crippen LogP contribution in [0.2, 0.25) is 5.02 Å². The molecule has 3 aromatic carbocycles. The second kappa shape index (κ2) is 12.3. The normalized spacial score (nSPS) is 12.1. The zero-order valence-electron chi connectivity index (χ0n) is 22.6. The summed E-state index contributed by atoms with van der Waals surface area (Å²) in [6, 6.07) is 20.9. The van der Waals surface area contributed by atoms with Gasteiger partial charge in [-0.2, -0.15) is 0 Å². The van der Waals surface area contributed by atoms with E-state index in [2.05, 4.69) is 10.3 Å². The van der Waals surface area contributed by atoms with Crippen LogP contribution in [0.5, 0.6) is 5.75 Å². The number of ether oxygens (including phenoxy) is 1. The fourth-order valence-corrected chi connectivity index (χ4v) is 4.72. The molecule has 0 aliphatic heterocycles. The van der Waals surface area contributed by atoms with Gasteiger partial charge in [-0.05, 0) is 56.2 Å². The Morgan fingerprint density at radius 3 is 2.38 bits per heavy atom. The van der Waals surface area contributed by atoms with E-state index in [4.69, 9.17) is 16.3 Å². The van der Waals surface area contributed by atoms with Gasteiger partial charge in [0.1, 0.15) is 17.5 Å². The molecule has 8 nitrogen and oxygen atoms in total. The minimum atomic E-state index is -1.25.